The van der Waals surface area contributed by atoms with E-state index in [0.717, 1.165) is 34.8 Å². The van der Waals surface area contributed by atoms with E-state index in [1.54, 1.807) is 0 Å². The van der Waals surface area contributed by atoms with Crippen LogP contribution in [0.2, 0.25) is 0 Å². The predicted octanol–water partition coefficient (Wildman–Crippen LogP) is 2.23. The molecule has 1 aliphatic rings. The molecule has 2 aromatic heterocycles. The molecule has 0 radical (unpaired) electrons. The summed E-state index contributed by atoms with van der Waals surface area (Å²) in [5, 5.41) is 10.6. The highest BCUT2D eigenvalue weighted by molar-refractivity contribution is 6.05. The van der Waals surface area contributed by atoms with Crippen molar-refractivity contribution in [2.24, 2.45) is 0 Å². The van der Waals surface area contributed by atoms with Crippen molar-refractivity contribution in [3.63, 3.8) is 0 Å². The molecule has 20 heavy (non-hydrogen) atoms. The minimum absolute atomic E-state index is 0.223. The molecule has 1 N–H and O–H groups in total. The summed E-state index contributed by atoms with van der Waals surface area (Å²) in [5.74, 6) is 0.223. The van der Waals surface area contributed by atoms with Crippen molar-refractivity contribution in [2.45, 2.75) is 19.4 Å². The molecular weight excluding hydrogens is 252 g/mol. The van der Waals surface area contributed by atoms with Crippen LogP contribution in [0.1, 0.15) is 18.5 Å². The quantitative estimate of drug-likeness (QED) is 0.773. The Morgan fingerprint density at radius 2 is 2.20 bits per heavy atom. The van der Waals surface area contributed by atoms with E-state index in [2.05, 4.69) is 21.2 Å². The zero-order chi connectivity index (χ0) is 13.5. The summed E-state index contributed by atoms with van der Waals surface area (Å²) in [6, 6.07) is 8.13. The van der Waals surface area contributed by atoms with Crippen LogP contribution < -0.4 is 0 Å². The summed E-state index contributed by atoms with van der Waals surface area (Å²) in [4.78, 5) is 18.0. The van der Waals surface area contributed by atoms with Gasteiger partial charge in [0.2, 0.25) is 5.91 Å². The Balaban J connectivity index is 1.87. The fourth-order valence-corrected chi connectivity index (χ4v) is 2.89. The highest BCUT2D eigenvalue weighted by atomic mass is 16.2. The van der Waals surface area contributed by atoms with E-state index in [4.69, 9.17) is 0 Å². The van der Waals surface area contributed by atoms with Gasteiger partial charge < -0.3 is 4.90 Å². The molecular formula is C15H14N4O. The van der Waals surface area contributed by atoms with Crippen molar-refractivity contribution in [1.29, 1.82) is 0 Å². The molecule has 5 heteroatoms. The van der Waals surface area contributed by atoms with Crippen LogP contribution in [0.4, 0.5) is 0 Å². The summed E-state index contributed by atoms with van der Waals surface area (Å²) in [6.45, 7) is 1.42. The first-order valence-corrected chi connectivity index (χ1v) is 6.81. The number of aromatic amines is 1. The number of carbonyl (C=O) groups excluding carboxylic acids is 1. The Bertz CT molecular complexity index is 808. The SMILES string of the molecule is O=C1CCCN1Cc1[nH]nc2ncc3ccccc3c12. The van der Waals surface area contributed by atoms with Crippen molar-refractivity contribution in [2.75, 3.05) is 6.54 Å². The Labute approximate surface area is 115 Å². The number of aromatic nitrogens is 3. The molecule has 3 aromatic rings. The molecule has 0 bridgehead atoms. The van der Waals surface area contributed by atoms with Crippen LogP contribution in [0, 0.1) is 0 Å². The maximum Gasteiger partial charge on any atom is 0.222 e. The summed E-state index contributed by atoms with van der Waals surface area (Å²) in [6.07, 6.45) is 3.44. The van der Waals surface area contributed by atoms with Crippen LogP contribution in [-0.2, 0) is 11.3 Å². The molecule has 1 saturated heterocycles. The highest BCUT2D eigenvalue weighted by Crippen LogP contribution is 2.26. The van der Waals surface area contributed by atoms with Crippen molar-refractivity contribution in [3.05, 3.63) is 36.2 Å². The number of carbonyl (C=O) groups is 1. The van der Waals surface area contributed by atoms with Gasteiger partial charge in [-0.3, -0.25) is 9.89 Å². The van der Waals surface area contributed by atoms with Crippen molar-refractivity contribution < 1.29 is 4.79 Å². The maximum absolute atomic E-state index is 11.8. The van der Waals surface area contributed by atoms with Gasteiger partial charge in [-0.15, -0.1) is 0 Å². The van der Waals surface area contributed by atoms with Crippen molar-refractivity contribution in [3.8, 4) is 0 Å². The lowest BCUT2D eigenvalue weighted by molar-refractivity contribution is -0.128. The zero-order valence-electron chi connectivity index (χ0n) is 11.0. The van der Waals surface area contributed by atoms with Gasteiger partial charge in [0.1, 0.15) is 0 Å². The summed E-state index contributed by atoms with van der Waals surface area (Å²) < 4.78 is 0. The van der Waals surface area contributed by atoms with Crippen LogP contribution in [0.25, 0.3) is 21.8 Å². The van der Waals surface area contributed by atoms with Crippen LogP contribution in [-0.4, -0.2) is 32.5 Å². The molecule has 0 atom stereocenters. The number of fused-ring (bicyclic) bond motifs is 3. The van der Waals surface area contributed by atoms with Crippen molar-refractivity contribution in [1.82, 2.24) is 20.1 Å². The third kappa shape index (κ3) is 1.66. The normalized spacial score (nSPS) is 15.6. The molecule has 1 aromatic carbocycles. The average molecular weight is 266 g/mol. The van der Waals surface area contributed by atoms with Crippen LogP contribution in [0.5, 0.6) is 0 Å². The number of amides is 1. The second-order valence-electron chi connectivity index (χ2n) is 5.17. The minimum atomic E-state index is 0.223. The summed E-state index contributed by atoms with van der Waals surface area (Å²) >= 11 is 0. The Morgan fingerprint density at radius 1 is 1.30 bits per heavy atom. The lowest BCUT2D eigenvalue weighted by Gasteiger charge is -2.14. The van der Waals surface area contributed by atoms with Gasteiger partial charge in [-0.05, 0) is 11.8 Å². The third-order valence-corrected chi connectivity index (χ3v) is 3.90. The topological polar surface area (TPSA) is 61.9 Å². The largest absolute Gasteiger partial charge is 0.337 e. The maximum atomic E-state index is 11.8. The second-order valence-corrected chi connectivity index (χ2v) is 5.17. The summed E-state index contributed by atoms with van der Waals surface area (Å²) in [7, 11) is 0. The van der Waals surface area contributed by atoms with E-state index in [0.29, 0.717) is 18.6 Å². The monoisotopic (exact) mass is 266 g/mol. The first-order chi connectivity index (χ1) is 9.83. The number of likely N-dealkylation sites (tertiary alicyclic amines) is 1. The second kappa shape index (κ2) is 4.30. The van der Waals surface area contributed by atoms with Crippen LogP contribution >= 0.6 is 0 Å². The third-order valence-electron chi connectivity index (χ3n) is 3.90. The molecule has 1 aliphatic heterocycles. The van der Waals surface area contributed by atoms with Gasteiger partial charge >= 0.3 is 0 Å². The first kappa shape index (κ1) is 11.4. The number of benzene rings is 1. The molecule has 1 amide bonds. The van der Waals surface area contributed by atoms with E-state index in [1.165, 1.54) is 0 Å². The van der Waals surface area contributed by atoms with E-state index >= 15 is 0 Å². The van der Waals surface area contributed by atoms with Gasteiger partial charge in [0, 0.05) is 24.5 Å². The molecule has 100 valence electrons. The van der Waals surface area contributed by atoms with Crippen LogP contribution in [0.3, 0.4) is 0 Å². The highest BCUT2D eigenvalue weighted by Gasteiger charge is 2.22. The van der Waals surface area contributed by atoms with E-state index in [9.17, 15) is 4.79 Å². The number of hydrogen-bond donors (Lipinski definition) is 1. The number of rotatable bonds is 2. The van der Waals surface area contributed by atoms with Gasteiger partial charge in [-0.2, -0.15) is 5.10 Å². The molecule has 0 saturated carbocycles. The lowest BCUT2D eigenvalue weighted by atomic mass is 10.1. The minimum Gasteiger partial charge on any atom is -0.337 e. The Kier molecular flexibility index (Phi) is 2.45. The fraction of sp³-hybridized carbons (Fsp3) is 0.267. The van der Waals surface area contributed by atoms with Gasteiger partial charge in [0.25, 0.3) is 0 Å². The standard InChI is InChI=1S/C15H14N4O/c20-13-6-3-7-19(13)9-12-14-11-5-2-1-4-10(11)8-16-15(14)18-17-12/h1-2,4-5,8H,3,6-7,9H2,(H,16,17,18). The van der Waals surface area contributed by atoms with E-state index in [-0.39, 0.29) is 5.91 Å². The lowest BCUT2D eigenvalue weighted by Crippen LogP contribution is -2.24. The fourth-order valence-electron chi connectivity index (χ4n) is 2.89. The van der Waals surface area contributed by atoms with Crippen molar-refractivity contribution >= 4 is 27.7 Å². The zero-order valence-corrected chi connectivity index (χ0v) is 11.0. The number of H-pyrrole nitrogens is 1. The molecule has 0 spiro atoms. The van der Waals surface area contributed by atoms with Gasteiger partial charge in [0.05, 0.1) is 17.6 Å². The molecule has 0 unspecified atom stereocenters. The average Bonchev–Trinajstić information content (AvgIpc) is 3.07. The van der Waals surface area contributed by atoms with E-state index in [1.807, 2.05) is 29.3 Å². The Morgan fingerprint density at radius 3 is 3.05 bits per heavy atom. The number of nitrogens with zero attached hydrogens (tertiary/aromatic N) is 3. The first-order valence-electron chi connectivity index (χ1n) is 6.81. The van der Waals surface area contributed by atoms with E-state index < -0.39 is 0 Å². The smallest absolute Gasteiger partial charge is 0.222 e. The number of pyridine rings is 1. The van der Waals surface area contributed by atoms with Crippen LogP contribution in [0.15, 0.2) is 30.5 Å². The number of nitrogens with one attached hydrogen (secondary N) is 1. The number of hydrogen-bond acceptors (Lipinski definition) is 3. The molecule has 4 rings (SSSR count). The molecule has 1 fully saturated rings. The molecule has 5 nitrogen and oxygen atoms in total. The van der Waals surface area contributed by atoms with Gasteiger partial charge in [-0.25, -0.2) is 4.98 Å². The molecule has 3 heterocycles. The summed E-state index contributed by atoms with van der Waals surface area (Å²) in [5.41, 5.74) is 1.69. The predicted molar refractivity (Wildman–Crippen MR) is 76.0 cm³/mol. The Hall–Kier alpha value is -2.43. The van der Waals surface area contributed by atoms with Gasteiger partial charge in [0.15, 0.2) is 5.65 Å². The molecule has 0 aliphatic carbocycles. The van der Waals surface area contributed by atoms with Gasteiger partial charge in [-0.1, -0.05) is 24.3 Å².